The Morgan fingerprint density at radius 2 is 1.91 bits per heavy atom. The van der Waals surface area contributed by atoms with Gasteiger partial charge in [0.2, 0.25) is 0 Å². The largest absolute Gasteiger partial charge is 0.464 e. The molecular weight excluding hydrogens is 300 g/mol. The quantitative estimate of drug-likeness (QED) is 0.487. The number of aryl methyl sites for hydroxylation is 1. The van der Waals surface area contributed by atoms with Crippen molar-refractivity contribution in [3.63, 3.8) is 0 Å². The molecule has 0 aliphatic carbocycles. The second-order valence-corrected chi connectivity index (χ2v) is 5.60. The molecule has 0 spiro atoms. The molecule has 0 atom stereocenters. The lowest BCUT2D eigenvalue weighted by atomic mass is 10.1. The Balaban J connectivity index is 2.15. The molecule has 0 amide bonds. The summed E-state index contributed by atoms with van der Waals surface area (Å²) in [7, 11) is 0. The molecule has 4 rings (SSSR count). The molecule has 108 valence electrons. The van der Waals surface area contributed by atoms with Gasteiger partial charge >= 0.3 is 0 Å². The lowest BCUT2D eigenvalue weighted by molar-refractivity contribution is 0.610. The van der Waals surface area contributed by atoms with Gasteiger partial charge in [0.25, 0.3) is 0 Å². The SMILES string of the molecule is Cc1coc2ccc3c(=O)cc(-c4ccccc4Cl)oc3c12. The van der Waals surface area contributed by atoms with Gasteiger partial charge < -0.3 is 8.83 Å². The highest BCUT2D eigenvalue weighted by atomic mass is 35.5. The van der Waals surface area contributed by atoms with E-state index >= 15 is 0 Å². The summed E-state index contributed by atoms with van der Waals surface area (Å²) in [6.07, 6.45) is 1.66. The Morgan fingerprint density at radius 1 is 1.09 bits per heavy atom. The van der Waals surface area contributed by atoms with Crippen LogP contribution in [0.3, 0.4) is 0 Å². The molecule has 0 aliphatic heterocycles. The molecule has 4 aromatic rings. The highest BCUT2D eigenvalue weighted by molar-refractivity contribution is 6.33. The van der Waals surface area contributed by atoms with Crippen LogP contribution < -0.4 is 5.43 Å². The molecule has 0 N–H and O–H groups in total. The zero-order chi connectivity index (χ0) is 15.3. The van der Waals surface area contributed by atoms with Crippen molar-refractivity contribution >= 4 is 33.5 Å². The van der Waals surface area contributed by atoms with Gasteiger partial charge in [-0.3, -0.25) is 4.79 Å². The first kappa shape index (κ1) is 13.2. The standard InChI is InChI=1S/C18H11ClO3/c1-10-9-21-15-7-6-12-14(20)8-16(22-18(12)17(10)15)11-4-2-3-5-13(11)19/h2-9H,1H3. The van der Waals surface area contributed by atoms with Crippen LogP contribution in [-0.2, 0) is 0 Å². The van der Waals surface area contributed by atoms with Crippen LogP contribution in [-0.4, -0.2) is 0 Å². The number of benzene rings is 2. The molecule has 0 fully saturated rings. The first-order valence-corrected chi connectivity index (χ1v) is 7.22. The summed E-state index contributed by atoms with van der Waals surface area (Å²) in [6.45, 7) is 1.92. The van der Waals surface area contributed by atoms with Crippen LogP contribution in [0.25, 0.3) is 33.3 Å². The Kier molecular flexibility index (Phi) is 2.84. The molecule has 0 saturated carbocycles. The topological polar surface area (TPSA) is 43.4 Å². The maximum Gasteiger partial charge on any atom is 0.193 e. The summed E-state index contributed by atoms with van der Waals surface area (Å²) in [5, 5.41) is 1.90. The minimum atomic E-state index is -0.0985. The number of furan rings is 1. The van der Waals surface area contributed by atoms with Crippen molar-refractivity contribution in [2.24, 2.45) is 0 Å². The molecule has 2 aromatic heterocycles. The van der Waals surface area contributed by atoms with Gasteiger partial charge in [-0.1, -0.05) is 23.7 Å². The van der Waals surface area contributed by atoms with E-state index in [0.717, 1.165) is 10.9 Å². The number of halogens is 1. The number of fused-ring (bicyclic) bond motifs is 3. The van der Waals surface area contributed by atoms with Gasteiger partial charge in [-0.25, -0.2) is 0 Å². The molecule has 3 nitrogen and oxygen atoms in total. The van der Waals surface area contributed by atoms with E-state index in [1.807, 2.05) is 25.1 Å². The van der Waals surface area contributed by atoms with E-state index in [1.54, 1.807) is 24.5 Å². The van der Waals surface area contributed by atoms with E-state index in [9.17, 15) is 4.79 Å². The molecule has 0 radical (unpaired) electrons. The van der Waals surface area contributed by atoms with Crippen molar-refractivity contribution in [1.82, 2.24) is 0 Å². The number of rotatable bonds is 1. The third-order valence-corrected chi connectivity index (χ3v) is 4.09. The van der Waals surface area contributed by atoms with Crippen LogP contribution in [0.5, 0.6) is 0 Å². The predicted octanol–water partition coefficient (Wildman–Crippen LogP) is 5.17. The van der Waals surface area contributed by atoms with E-state index in [0.29, 0.717) is 32.9 Å². The fourth-order valence-electron chi connectivity index (χ4n) is 2.68. The Hall–Kier alpha value is -2.52. The van der Waals surface area contributed by atoms with Crippen molar-refractivity contribution in [1.29, 1.82) is 0 Å². The normalized spacial score (nSPS) is 11.4. The van der Waals surface area contributed by atoms with Crippen LogP contribution in [0.4, 0.5) is 0 Å². The number of hydrogen-bond donors (Lipinski definition) is 0. The highest BCUT2D eigenvalue weighted by Gasteiger charge is 2.14. The maximum atomic E-state index is 12.4. The van der Waals surface area contributed by atoms with Crippen LogP contribution in [0.1, 0.15) is 5.56 Å². The summed E-state index contributed by atoms with van der Waals surface area (Å²) in [4.78, 5) is 12.4. The minimum Gasteiger partial charge on any atom is -0.464 e. The molecule has 0 bridgehead atoms. The minimum absolute atomic E-state index is 0.0985. The van der Waals surface area contributed by atoms with Gasteiger partial charge in [-0.05, 0) is 36.8 Å². The zero-order valence-electron chi connectivity index (χ0n) is 11.7. The molecule has 0 aliphatic rings. The van der Waals surface area contributed by atoms with Gasteiger partial charge in [0.1, 0.15) is 16.9 Å². The van der Waals surface area contributed by atoms with E-state index in [2.05, 4.69) is 0 Å². The van der Waals surface area contributed by atoms with Gasteiger partial charge in [0, 0.05) is 11.6 Å². The fourth-order valence-corrected chi connectivity index (χ4v) is 2.91. The van der Waals surface area contributed by atoms with Crippen molar-refractivity contribution in [2.75, 3.05) is 0 Å². The van der Waals surface area contributed by atoms with Crippen molar-refractivity contribution in [3.05, 3.63) is 69.5 Å². The lowest BCUT2D eigenvalue weighted by Crippen LogP contribution is -2.00. The summed E-state index contributed by atoms with van der Waals surface area (Å²) in [6, 6.07) is 12.3. The monoisotopic (exact) mass is 310 g/mol. The molecular formula is C18H11ClO3. The fraction of sp³-hybridized carbons (Fsp3) is 0.0556. The van der Waals surface area contributed by atoms with E-state index in [4.69, 9.17) is 20.4 Å². The second-order valence-electron chi connectivity index (χ2n) is 5.19. The van der Waals surface area contributed by atoms with Gasteiger partial charge in [-0.2, -0.15) is 0 Å². The van der Waals surface area contributed by atoms with Crippen molar-refractivity contribution in [2.45, 2.75) is 6.92 Å². The number of hydrogen-bond acceptors (Lipinski definition) is 3. The highest BCUT2D eigenvalue weighted by Crippen LogP contribution is 2.33. The molecule has 2 heterocycles. The first-order valence-electron chi connectivity index (χ1n) is 6.85. The second kappa shape index (κ2) is 4.75. The van der Waals surface area contributed by atoms with Crippen molar-refractivity contribution < 1.29 is 8.83 Å². The summed E-state index contributed by atoms with van der Waals surface area (Å²) in [5.41, 5.74) is 2.76. The Bertz CT molecular complexity index is 1070. The van der Waals surface area contributed by atoms with Gasteiger partial charge in [0.15, 0.2) is 5.43 Å². The van der Waals surface area contributed by atoms with E-state index < -0.39 is 0 Å². The first-order chi connectivity index (χ1) is 10.6. The van der Waals surface area contributed by atoms with E-state index in [-0.39, 0.29) is 5.43 Å². The van der Waals surface area contributed by atoms with Crippen molar-refractivity contribution in [3.8, 4) is 11.3 Å². The molecule has 0 unspecified atom stereocenters. The lowest BCUT2D eigenvalue weighted by Gasteiger charge is -2.06. The third kappa shape index (κ3) is 1.86. The summed E-state index contributed by atoms with van der Waals surface area (Å²) < 4.78 is 11.5. The maximum absolute atomic E-state index is 12.4. The molecule has 2 aromatic carbocycles. The molecule has 22 heavy (non-hydrogen) atoms. The van der Waals surface area contributed by atoms with Crippen LogP contribution in [0.2, 0.25) is 5.02 Å². The summed E-state index contributed by atoms with van der Waals surface area (Å²) >= 11 is 6.21. The van der Waals surface area contributed by atoms with Crippen LogP contribution in [0.15, 0.2) is 62.4 Å². The van der Waals surface area contributed by atoms with Crippen LogP contribution >= 0.6 is 11.6 Å². The van der Waals surface area contributed by atoms with Gasteiger partial charge in [-0.15, -0.1) is 0 Å². The zero-order valence-corrected chi connectivity index (χ0v) is 12.5. The Labute approximate surface area is 130 Å². The molecule has 4 heteroatoms. The van der Waals surface area contributed by atoms with E-state index in [1.165, 1.54) is 6.07 Å². The summed E-state index contributed by atoms with van der Waals surface area (Å²) in [5.74, 6) is 0.455. The van der Waals surface area contributed by atoms with Crippen LogP contribution in [0, 0.1) is 6.92 Å². The predicted molar refractivity (Wildman–Crippen MR) is 87.4 cm³/mol. The average molecular weight is 311 g/mol. The smallest absolute Gasteiger partial charge is 0.193 e. The molecule has 0 saturated heterocycles. The Morgan fingerprint density at radius 3 is 2.73 bits per heavy atom. The van der Waals surface area contributed by atoms with Gasteiger partial charge in [0.05, 0.1) is 22.1 Å². The third-order valence-electron chi connectivity index (χ3n) is 3.76. The average Bonchev–Trinajstić information content (AvgIpc) is 2.89.